The first kappa shape index (κ1) is 20.8. The Labute approximate surface area is 187 Å². The van der Waals surface area contributed by atoms with E-state index in [-0.39, 0.29) is 16.9 Å². The lowest BCUT2D eigenvalue weighted by molar-refractivity contribution is 0.397. The van der Waals surface area contributed by atoms with Crippen LogP contribution < -0.4 is 4.74 Å². The number of fused-ring (bicyclic) bond motifs is 1. The topological polar surface area (TPSA) is 80.2 Å². The fourth-order valence-corrected chi connectivity index (χ4v) is 6.45. The van der Waals surface area contributed by atoms with E-state index in [9.17, 15) is 8.42 Å². The number of H-pyrrole nitrogens is 1. The number of aromatic amines is 1. The van der Waals surface area contributed by atoms with Crippen LogP contribution in [0.4, 0.5) is 0 Å². The molecule has 8 heteroatoms. The first-order valence-corrected chi connectivity index (χ1v) is 12.1. The normalized spacial score (nSPS) is 19.6. The van der Waals surface area contributed by atoms with Gasteiger partial charge >= 0.3 is 0 Å². The molecule has 0 amide bonds. The van der Waals surface area contributed by atoms with Gasteiger partial charge in [0, 0.05) is 54.1 Å². The maximum Gasteiger partial charge on any atom is 0.243 e. The number of hydrogen-bond donors (Lipinski definition) is 1. The van der Waals surface area contributed by atoms with Crippen LogP contribution in [-0.2, 0) is 16.6 Å². The average molecular weight is 451 g/mol. The van der Waals surface area contributed by atoms with Crippen molar-refractivity contribution in [3.63, 3.8) is 0 Å². The average Bonchev–Trinajstić information content (AvgIpc) is 3.54. The third kappa shape index (κ3) is 3.69. The molecule has 2 aromatic carbocycles. The second-order valence-corrected chi connectivity index (χ2v) is 10.3. The molecular weight excluding hydrogens is 424 g/mol. The Morgan fingerprint density at radius 2 is 2.03 bits per heavy atom. The van der Waals surface area contributed by atoms with Gasteiger partial charge in [-0.3, -0.25) is 5.10 Å². The molecule has 1 aliphatic heterocycles. The van der Waals surface area contributed by atoms with Crippen LogP contribution in [0.3, 0.4) is 0 Å². The van der Waals surface area contributed by atoms with Gasteiger partial charge in [-0.2, -0.15) is 9.40 Å². The van der Waals surface area contributed by atoms with E-state index < -0.39 is 10.0 Å². The molecule has 32 heavy (non-hydrogen) atoms. The van der Waals surface area contributed by atoms with Crippen LogP contribution in [0.15, 0.2) is 72.0 Å². The van der Waals surface area contributed by atoms with E-state index in [0.29, 0.717) is 12.3 Å². The van der Waals surface area contributed by atoms with Gasteiger partial charge in [-0.15, -0.1) is 0 Å². The Hall–Kier alpha value is -3.10. The number of nitrogens with one attached hydrogen (secondary N) is 1. The molecule has 4 aromatic rings. The van der Waals surface area contributed by atoms with Crippen LogP contribution in [0.5, 0.6) is 5.75 Å². The summed E-state index contributed by atoms with van der Waals surface area (Å²) in [5.41, 5.74) is 3.33. The van der Waals surface area contributed by atoms with Crippen molar-refractivity contribution >= 4 is 20.9 Å². The van der Waals surface area contributed by atoms with Gasteiger partial charge in [-0.1, -0.05) is 12.1 Å². The molecule has 0 saturated carbocycles. The van der Waals surface area contributed by atoms with Gasteiger partial charge in [0.05, 0.1) is 18.2 Å². The fraction of sp³-hybridized carbons (Fsp3) is 0.292. The molecule has 1 fully saturated rings. The van der Waals surface area contributed by atoms with E-state index in [0.717, 1.165) is 35.0 Å². The molecule has 166 valence electrons. The highest BCUT2D eigenvalue weighted by Crippen LogP contribution is 2.32. The number of benzene rings is 2. The molecule has 2 unspecified atom stereocenters. The monoisotopic (exact) mass is 450 g/mol. The summed E-state index contributed by atoms with van der Waals surface area (Å²) < 4.78 is 35.6. The number of ether oxygens (including phenoxy) is 1. The van der Waals surface area contributed by atoms with Crippen molar-refractivity contribution in [3.8, 4) is 16.9 Å². The smallest absolute Gasteiger partial charge is 0.243 e. The highest BCUT2D eigenvalue weighted by atomic mass is 32.2. The zero-order valence-electron chi connectivity index (χ0n) is 18.1. The van der Waals surface area contributed by atoms with Crippen LogP contribution in [-0.4, -0.2) is 47.2 Å². The minimum absolute atomic E-state index is 0.0503. The molecule has 7 nitrogen and oxygen atoms in total. The number of nitrogens with zero attached hydrogens (tertiary/aromatic N) is 3. The molecule has 0 radical (unpaired) electrons. The van der Waals surface area contributed by atoms with Crippen molar-refractivity contribution in [1.29, 1.82) is 0 Å². The summed E-state index contributed by atoms with van der Waals surface area (Å²) in [4.78, 5) is 0.280. The van der Waals surface area contributed by atoms with Crippen molar-refractivity contribution in [2.24, 2.45) is 5.92 Å². The molecule has 0 bridgehead atoms. The van der Waals surface area contributed by atoms with Gasteiger partial charge in [0.15, 0.2) is 0 Å². The Balaban J connectivity index is 1.35. The van der Waals surface area contributed by atoms with Gasteiger partial charge in [0.25, 0.3) is 0 Å². The first-order valence-electron chi connectivity index (χ1n) is 10.7. The van der Waals surface area contributed by atoms with Gasteiger partial charge in [-0.05, 0) is 55.2 Å². The third-order valence-corrected chi connectivity index (χ3v) is 8.29. The van der Waals surface area contributed by atoms with Crippen molar-refractivity contribution in [1.82, 2.24) is 19.1 Å². The molecule has 0 aliphatic carbocycles. The Kier molecular flexibility index (Phi) is 5.27. The van der Waals surface area contributed by atoms with Crippen molar-refractivity contribution in [2.75, 3.05) is 13.7 Å². The SMILES string of the molecule is COc1cccc(S(=O)(=O)N2CC(Cn3ccc4cc(-c5cn[nH]c5)ccc43)CC2C)c1. The van der Waals surface area contributed by atoms with Gasteiger partial charge < -0.3 is 9.30 Å². The molecule has 1 N–H and O–H groups in total. The summed E-state index contributed by atoms with van der Waals surface area (Å²) in [7, 11) is -2.03. The molecule has 3 heterocycles. The van der Waals surface area contributed by atoms with Crippen LogP contribution in [0.1, 0.15) is 13.3 Å². The largest absolute Gasteiger partial charge is 0.497 e. The Morgan fingerprint density at radius 1 is 1.16 bits per heavy atom. The van der Waals surface area contributed by atoms with Crippen LogP contribution in [0.2, 0.25) is 0 Å². The highest BCUT2D eigenvalue weighted by molar-refractivity contribution is 7.89. The number of sulfonamides is 1. The number of methoxy groups -OCH3 is 1. The van der Waals surface area contributed by atoms with Crippen LogP contribution >= 0.6 is 0 Å². The summed E-state index contributed by atoms with van der Waals surface area (Å²) in [6.45, 7) is 3.28. The predicted molar refractivity (Wildman–Crippen MR) is 124 cm³/mol. The standard InChI is InChI=1S/C24H26N4O3S/c1-17-10-18(16-28(17)32(29,30)23-5-3-4-22(12-23)31-2)15-27-9-8-20-11-19(6-7-24(20)27)21-13-25-26-14-21/h3-9,11-14,17-18H,10,15-16H2,1-2H3,(H,25,26). The van der Waals surface area contributed by atoms with Gasteiger partial charge in [-0.25, -0.2) is 8.42 Å². The first-order chi connectivity index (χ1) is 15.5. The molecule has 5 rings (SSSR count). The summed E-state index contributed by atoms with van der Waals surface area (Å²) in [5.74, 6) is 0.789. The van der Waals surface area contributed by atoms with E-state index in [1.165, 1.54) is 0 Å². The Morgan fingerprint density at radius 3 is 2.81 bits per heavy atom. The lowest BCUT2D eigenvalue weighted by atomic mass is 10.1. The van der Waals surface area contributed by atoms with Crippen molar-refractivity contribution in [2.45, 2.75) is 30.8 Å². The van der Waals surface area contributed by atoms with E-state index >= 15 is 0 Å². The highest BCUT2D eigenvalue weighted by Gasteiger charge is 2.38. The minimum Gasteiger partial charge on any atom is -0.497 e. The second kappa shape index (κ2) is 8.11. The summed E-state index contributed by atoms with van der Waals surface area (Å²) in [6.07, 6.45) is 6.62. The van der Waals surface area contributed by atoms with E-state index in [1.807, 2.05) is 19.3 Å². The summed E-state index contributed by atoms with van der Waals surface area (Å²) in [6, 6.07) is 15.1. The van der Waals surface area contributed by atoms with E-state index in [2.05, 4.69) is 45.2 Å². The zero-order valence-corrected chi connectivity index (χ0v) is 18.9. The third-order valence-electron chi connectivity index (χ3n) is 6.31. The zero-order chi connectivity index (χ0) is 22.3. The molecule has 1 aliphatic rings. The van der Waals surface area contributed by atoms with Crippen LogP contribution in [0, 0.1) is 5.92 Å². The number of hydrogen-bond acceptors (Lipinski definition) is 4. The molecule has 0 spiro atoms. The van der Waals surface area contributed by atoms with Gasteiger partial charge in [0.2, 0.25) is 10.0 Å². The van der Waals surface area contributed by atoms with Gasteiger partial charge in [0.1, 0.15) is 5.75 Å². The lowest BCUT2D eigenvalue weighted by Crippen LogP contribution is -2.34. The number of aromatic nitrogens is 3. The summed E-state index contributed by atoms with van der Waals surface area (Å²) in [5, 5.41) is 8.04. The van der Waals surface area contributed by atoms with Crippen molar-refractivity contribution < 1.29 is 13.2 Å². The lowest BCUT2D eigenvalue weighted by Gasteiger charge is -2.21. The fourth-order valence-electron chi connectivity index (χ4n) is 4.70. The molecule has 1 saturated heterocycles. The number of rotatable bonds is 6. The van der Waals surface area contributed by atoms with E-state index in [4.69, 9.17) is 4.74 Å². The van der Waals surface area contributed by atoms with Crippen molar-refractivity contribution in [3.05, 3.63) is 67.1 Å². The maximum atomic E-state index is 13.3. The maximum absolute atomic E-state index is 13.3. The second-order valence-electron chi connectivity index (χ2n) is 8.43. The predicted octanol–water partition coefficient (Wildman–Crippen LogP) is 4.14. The van der Waals surface area contributed by atoms with Crippen LogP contribution in [0.25, 0.3) is 22.0 Å². The molecule has 2 atom stereocenters. The molecular formula is C24H26N4O3S. The minimum atomic E-state index is -3.57. The quantitative estimate of drug-likeness (QED) is 0.479. The molecule has 2 aromatic heterocycles. The van der Waals surface area contributed by atoms with E-state index in [1.54, 1.807) is 35.7 Å². The Bertz CT molecular complexity index is 1340. The summed E-state index contributed by atoms with van der Waals surface area (Å²) >= 11 is 0.